The molecule has 2 heterocycles. The maximum absolute atomic E-state index is 12.0. The number of nitrogens with zero attached hydrogens (tertiary/aromatic N) is 1. The van der Waals surface area contributed by atoms with Gasteiger partial charge in [-0.1, -0.05) is 12.1 Å². The minimum absolute atomic E-state index is 0.311. The average Bonchev–Trinajstić information content (AvgIpc) is 3.24. The molecule has 1 fully saturated rings. The molecular formula is C18H23N3O3S. The molecule has 4 unspecified atom stereocenters. The number of hydrogen-bond acceptors (Lipinski definition) is 5. The van der Waals surface area contributed by atoms with Crippen LogP contribution in [0.2, 0.25) is 0 Å². The molecule has 1 aromatic carbocycles. The van der Waals surface area contributed by atoms with E-state index in [0.29, 0.717) is 23.5 Å². The van der Waals surface area contributed by atoms with Gasteiger partial charge < -0.3 is 15.2 Å². The lowest BCUT2D eigenvalue weighted by Gasteiger charge is -2.23. The van der Waals surface area contributed by atoms with Crippen LogP contribution in [0.4, 0.5) is 11.5 Å². The molecule has 3 N–H and O–H groups in total. The van der Waals surface area contributed by atoms with E-state index >= 15 is 0 Å². The largest absolute Gasteiger partial charge is 0.387 e. The number of methoxy groups -OCH3 is 1. The van der Waals surface area contributed by atoms with Crippen LogP contribution < -0.4 is 5.32 Å². The van der Waals surface area contributed by atoms with Crippen LogP contribution in [-0.4, -0.2) is 38.5 Å². The van der Waals surface area contributed by atoms with Crippen molar-refractivity contribution in [3.63, 3.8) is 0 Å². The molecular weight excluding hydrogens is 338 g/mol. The smallest absolute Gasteiger partial charge is 0.152 e. The van der Waals surface area contributed by atoms with Crippen molar-refractivity contribution in [3.05, 3.63) is 41.1 Å². The van der Waals surface area contributed by atoms with Gasteiger partial charge in [0.2, 0.25) is 0 Å². The third-order valence-electron chi connectivity index (χ3n) is 5.24. The number of nitrogens with one attached hydrogen (secondary N) is 2. The predicted molar refractivity (Wildman–Crippen MR) is 97.4 cm³/mol. The van der Waals surface area contributed by atoms with E-state index in [0.717, 1.165) is 47.6 Å². The predicted octanol–water partition coefficient (Wildman–Crippen LogP) is 2.73. The van der Waals surface area contributed by atoms with Crippen molar-refractivity contribution in [3.8, 4) is 0 Å². The first-order valence-corrected chi connectivity index (χ1v) is 10.1. The Kier molecular flexibility index (Phi) is 4.62. The van der Waals surface area contributed by atoms with E-state index in [1.54, 1.807) is 7.11 Å². The number of fused-ring (bicyclic) bond motifs is 1. The number of aliphatic hydroxyl groups excluding tert-OH is 1. The molecule has 0 radical (unpaired) electrons. The van der Waals surface area contributed by atoms with Crippen LogP contribution in [0, 0.1) is 0 Å². The van der Waals surface area contributed by atoms with Crippen LogP contribution in [0.15, 0.2) is 24.3 Å². The second-order valence-corrected chi connectivity index (χ2v) is 8.34. The van der Waals surface area contributed by atoms with Crippen LogP contribution in [0.25, 0.3) is 0 Å². The Morgan fingerprint density at radius 3 is 3.08 bits per heavy atom. The summed E-state index contributed by atoms with van der Waals surface area (Å²) >= 11 is 0. The molecule has 1 aromatic heterocycles. The van der Waals surface area contributed by atoms with E-state index in [2.05, 4.69) is 15.5 Å². The normalized spacial score (nSPS) is 28.7. The van der Waals surface area contributed by atoms with Crippen molar-refractivity contribution < 1.29 is 14.1 Å². The summed E-state index contributed by atoms with van der Waals surface area (Å²) in [7, 11) is 0.734. The molecule has 4 atom stereocenters. The van der Waals surface area contributed by atoms with Crippen molar-refractivity contribution in [1.29, 1.82) is 0 Å². The summed E-state index contributed by atoms with van der Waals surface area (Å²) in [6.45, 7) is 0. The van der Waals surface area contributed by atoms with Crippen LogP contribution >= 0.6 is 0 Å². The third kappa shape index (κ3) is 3.36. The number of hydrogen-bond donors (Lipinski definition) is 3. The maximum atomic E-state index is 12.0. The molecule has 6 nitrogen and oxygen atoms in total. The van der Waals surface area contributed by atoms with Gasteiger partial charge in [-0.3, -0.25) is 9.31 Å². The van der Waals surface area contributed by atoms with Crippen molar-refractivity contribution in [2.45, 2.75) is 43.1 Å². The number of ether oxygens (including phenoxy) is 1. The van der Waals surface area contributed by atoms with Gasteiger partial charge in [-0.25, -0.2) is 0 Å². The van der Waals surface area contributed by atoms with E-state index in [1.165, 1.54) is 0 Å². The van der Waals surface area contributed by atoms with Crippen molar-refractivity contribution in [2.24, 2.45) is 0 Å². The summed E-state index contributed by atoms with van der Waals surface area (Å²) in [5.74, 6) is 1.97. The number of anilines is 2. The molecule has 0 spiro atoms. The summed E-state index contributed by atoms with van der Waals surface area (Å²) < 4.78 is 17.4. The summed E-state index contributed by atoms with van der Waals surface area (Å²) in [4.78, 5) is 0. The quantitative estimate of drug-likeness (QED) is 0.779. The Balaban J connectivity index is 1.54. The standard InChI is InChI=1S/C18H23N3O3S/c1-24-12-6-5-11(7-12)16-8-18(21-20-16)19-15-4-2-3-13-14(15)9-25(23)10-17(13)22/h2-4,8,11-12,17,22H,5-7,9-10H2,1H3,(H2,19,20,21). The molecule has 134 valence electrons. The van der Waals surface area contributed by atoms with E-state index < -0.39 is 16.9 Å². The molecule has 0 amide bonds. The molecule has 0 saturated heterocycles. The Hall–Kier alpha value is -1.70. The number of aromatic nitrogens is 2. The molecule has 4 rings (SSSR count). The lowest BCUT2D eigenvalue weighted by atomic mass is 10.0. The van der Waals surface area contributed by atoms with Gasteiger partial charge in [-0.2, -0.15) is 5.10 Å². The van der Waals surface area contributed by atoms with Crippen molar-refractivity contribution >= 4 is 22.3 Å². The topological polar surface area (TPSA) is 87.2 Å². The van der Waals surface area contributed by atoms with Gasteiger partial charge in [0.05, 0.1) is 23.7 Å². The third-order valence-corrected chi connectivity index (χ3v) is 6.54. The summed E-state index contributed by atoms with van der Waals surface area (Å²) in [6.07, 6.45) is 2.88. The minimum Gasteiger partial charge on any atom is -0.387 e. The van der Waals surface area contributed by atoms with E-state index in [9.17, 15) is 9.32 Å². The molecule has 2 aromatic rings. The van der Waals surface area contributed by atoms with Gasteiger partial charge in [0.25, 0.3) is 0 Å². The molecule has 1 aliphatic carbocycles. The van der Waals surface area contributed by atoms with Gasteiger partial charge in [-0.05, 0) is 36.5 Å². The van der Waals surface area contributed by atoms with Gasteiger partial charge in [0.15, 0.2) is 5.82 Å². The molecule has 1 saturated carbocycles. The highest BCUT2D eigenvalue weighted by Crippen LogP contribution is 2.37. The first kappa shape index (κ1) is 16.8. The molecule has 0 bridgehead atoms. The minimum atomic E-state index is -1.03. The molecule has 1 aliphatic heterocycles. The first-order chi connectivity index (χ1) is 12.1. The highest BCUT2D eigenvalue weighted by atomic mass is 32.2. The Labute approximate surface area is 149 Å². The molecule has 7 heteroatoms. The Morgan fingerprint density at radius 2 is 2.28 bits per heavy atom. The zero-order valence-electron chi connectivity index (χ0n) is 14.2. The maximum Gasteiger partial charge on any atom is 0.152 e. The Morgan fingerprint density at radius 1 is 1.40 bits per heavy atom. The van der Waals surface area contributed by atoms with E-state index in [4.69, 9.17) is 4.74 Å². The number of benzene rings is 1. The van der Waals surface area contributed by atoms with Crippen LogP contribution in [-0.2, 0) is 21.3 Å². The van der Waals surface area contributed by atoms with Crippen LogP contribution in [0.3, 0.4) is 0 Å². The number of aromatic amines is 1. The zero-order chi connectivity index (χ0) is 17.4. The zero-order valence-corrected chi connectivity index (χ0v) is 15.0. The van der Waals surface area contributed by atoms with E-state index in [-0.39, 0.29) is 0 Å². The van der Waals surface area contributed by atoms with Gasteiger partial charge in [-0.15, -0.1) is 0 Å². The lowest BCUT2D eigenvalue weighted by Crippen LogP contribution is -2.20. The molecule has 25 heavy (non-hydrogen) atoms. The molecule has 2 aliphatic rings. The second-order valence-electron chi connectivity index (χ2n) is 6.84. The van der Waals surface area contributed by atoms with Crippen molar-refractivity contribution in [1.82, 2.24) is 10.2 Å². The summed E-state index contributed by atoms with van der Waals surface area (Å²) in [5.41, 5.74) is 3.77. The fourth-order valence-electron chi connectivity index (χ4n) is 3.87. The second kappa shape index (κ2) is 6.90. The fraction of sp³-hybridized carbons (Fsp3) is 0.500. The summed E-state index contributed by atoms with van der Waals surface area (Å²) in [5, 5.41) is 21.0. The van der Waals surface area contributed by atoms with Gasteiger partial charge >= 0.3 is 0 Å². The first-order valence-electron chi connectivity index (χ1n) is 8.64. The van der Waals surface area contributed by atoms with Crippen LogP contribution in [0.5, 0.6) is 0 Å². The fourth-order valence-corrected chi connectivity index (χ4v) is 5.16. The van der Waals surface area contributed by atoms with Gasteiger partial charge in [0, 0.05) is 41.3 Å². The van der Waals surface area contributed by atoms with Crippen molar-refractivity contribution in [2.75, 3.05) is 18.2 Å². The van der Waals surface area contributed by atoms with Gasteiger partial charge in [0.1, 0.15) is 0 Å². The number of rotatable bonds is 4. The monoisotopic (exact) mass is 361 g/mol. The van der Waals surface area contributed by atoms with E-state index in [1.807, 2.05) is 24.3 Å². The average molecular weight is 361 g/mol. The highest BCUT2D eigenvalue weighted by Gasteiger charge is 2.28. The number of aliphatic hydroxyl groups is 1. The summed E-state index contributed by atoms with van der Waals surface area (Å²) in [6, 6.07) is 7.80. The highest BCUT2D eigenvalue weighted by molar-refractivity contribution is 7.84. The van der Waals surface area contributed by atoms with Crippen LogP contribution in [0.1, 0.15) is 48.1 Å². The number of H-pyrrole nitrogens is 1. The Bertz CT molecular complexity index is 792. The lowest BCUT2D eigenvalue weighted by molar-refractivity contribution is 0.108. The SMILES string of the molecule is COC1CCC(c2cc(Nc3cccc4c3CS(=O)CC4O)n[nH]2)C1.